The first-order valence-corrected chi connectivity index (χ1v) is 3.01. The molecule has 0 aliphatic carbocycles. The molecule has 0 unspecified atom stereocenters. The predicted molar refractivity (Wildman–Crippen MR) is 32.8 cm³/mol. The van der Waals surface area contributed by atoms with Crippen LogP contribution in [-0.2, 0) is 4.74 Å². The van der Waals surface area contributed by atoms with E-state index in [9.17, 15) is 4.91 Å². The van der Waals surface area contributed by atoms with Crippen molar-refractivity contribution in [3.63, 3.8) is 0 Å². The van der Waals surface area contributed by atoms with Crippen molar-refractivity contribution in [3.8, 4) is 0 Å². The molecule has 0 aromatic rings. The molecule has 12 heavy (non-hydrogen) atoms. The monoisotopic (exact) mass is 180 g/mol. The first kappa shape index (κ1) is 9.29. The molecule has 1 aliphatic rings. The lowest BCUT2D eigenvalue weighted by Crippen LogP contribution is -2.66. The molecule has 1 rings (SSSR count). The van der Waals surface area contributed by atoms with Crippen LogP contribution in [0.4, 0.5) is 0 Å². The third kappa shape index (κ3) is 1.38. The zero-order chi connectivity index (χ0) is 9.41. The number of hydrogen-bond donors (Lipinski definition) is 4. The number of morpholine rings is 1. The van der Waals surface area contributed by atoms with Crippen LogP contribution in [-0.4, -0.2) is 50.5 Å². The van der Waals surface area contributed by atoms with E-state index in [0.29, 0.717) is 0 Å². The SMILES string of the molecule is O=NN1C(O)(O)COCC1(O)O. The molecule has 0 atom stereocenters. The van der Waals surface area contributed by atoms with Crippen LogP contribution in [0.1, 0.15) is 0 Å². The van der Waals surface area contributed by atoms with Crippen LogP contribution in [0, 0.1) is 4.91 Å². The summed E-state index contributed by atoms with van der Waals surface area (Å²) in [6.07, 6.45) is 0. The summed E-state index contributed by atoms with van der Waals surface area (Å²) in [5.41, 5.74) is 0. The van der Waals surface area contributed by atoms with Crippen molar-refractivity contribution in [2.75, 3.05) is 13.2 Å². The van der Waals surface area contributed by atoms with Gasteiger partial charge in [-0.3, -0.25) is 0 Å². The standard InChI is InChI=1S/C4H8N2O6/c7-3(8)1-12-2-4(9,10)6(3)5-11/h7-10H,1-2H2. The summed E-state index contributed by atoms with van der Waals surface area (Å²) < 4.78 is 4.39. The van der Waals surface area contributed by atoms with Gasteiger partial charge in [-0.15, -0.1) is 9.92 Å². The van der Waals surface area contributed by atoms with Crippen LogP contribution >= 0.6 is 0 Å². The van der Waals surface area contributed by atoms with Crippen LogP contribution < -0.4 is 0 Å². The minimum atomic E-state index is -2.79. The summed E-state index contributed by atoms with van der Waals surface area (Å²) in [6, 6.07) is 0. The fourth-order valence-corrected chi connectivity index (χ4v) is 0.865. The topological polar surface area (TPSA) is 123 Å². The highest BCUT2D eigenvalue weighted by molar-refractivity contribution is 4.76. The van der Waals surface area contributed by atoms with E-state index in [1.807, 2.05) is 0 Å². The Labute approximate surface area is 66.5 Å². The molecule has 0 aromatic carbocycles. The molecule has 8 heteroatoms. The number of rotatable bonds is 1. The van der Waals surface area contributed by atoms with Gasteiger partial charge in [0.25, 0.3) is 11.8 Å². The fourth-order valence-electron chi connectivity index (χ4n) is 0.865. The van der Waals surface area contributed by atoms with Gasteiger partial charge in [0.05, 0.1) is 5.29 Å². The second-order valence-corrected chi connectivity index (χ2v) is 2.43. The average Bonchev–Trinajstić information content (AvgIpc) is 1.83. The maximum absolute atomic E-state index is 9.97. The van der Waals surface area contributed by atoms with Gasteiger partial charge in [-0.25, -0.2) is 0 Å². The first-order chi connectivity index (χ1) is 5.40. The lowest BCUT2D eigenvalue weighted by atomic mass is 10.3. The highest BCUT2D eigenvalue weighted by atomic mass is 16.7. The fraction of sp³-hybridized carbons (Fsp3) is 1.00. The normalized spacial score (nSPS) is 26.8. The second kappa shape index (κ2) is 2.61. The summed E-state index contributed by atoms with van der Waals surface area (Å²) in [5, 5.41) is 37.5. The first-order valence-electron chi connectivity index (χ1n) is 3.01. The third-order valence-corrected chi connectivity index (χ3v) is 1.35. The van der Waals surface area contributed by atoms with E-state index in [1.165, 1.54) is 0 Å². The van der Waals surface area contributed by atoms with E-state index in [2.05, 4.69) is 10.0 Å². The van der Waals surface area contributed by atoms with Crippen molar-refractivity contribution in [1.29, 1.82) is 0 Å². The van der Waals surface area contributed by atoms with Crippen molar-refractivity contribution in [2.45, 2.75) is 11.8 Å². The van der Waals surface area contributed by atoms with Gasteiger partial charge in [0.1, 0.15) is 13.2 Å². The van der Waals surface area contributed by atoms with E-state index in [4.69, 9.17) is 20.4 Å². The third-order valence-electron chi connectivity index (χ3n) is 1.35. The molecule has 8 nitrogen and oxygen atoms in total. The smallest absolute Gasteiger partial charge is 0.293 e. The van der Waals surface area contributed by atoms with E-state index >= 15 is 0 Å². The van der Waals surface area contributed by atoms with Gasteiger partial charge in [-0.05, 0) is 0 Å². The van der Waals surface area contributed by atoms with Gasteiger partial charge in [-0.1, -0.05) is 0 Å². The Hall–Kier alpha value is -0.800. The van der Waals surface area contributed by atoms with Gasteiger partial charge < -0.3 is 25.2 Å². The molecule has 0 amide bonds. The number of nitroso groups, excluding NO2 is 1. The van der Waals surface area contributed by atoms with E-state index in [0.717, 1.165) is 0 Å². The van der Waals surface area contributed by atoms with Crippen LogP contribution in [0.15, 0.2) is 5.29 Å². The number of nitrogens with zero attached hydrogens (tertiary/aromatic N) is 2. The summed E-state index contributed by atoms with van der Waals surface area (Å²) in [6.45, 7) is -1.30. The molecule has 1 aliphatic heterocycles. The van der Waals surface area contributed by atoms with E-state index in [-0.39, 0.29) is 5.01 Å². The summed E-state index contributed by atoms with van der Waals surface area (Å²) >= 11 is 0. The van der Waals surface area contributed by atoms with E-state index in [1.54, 1.807) is 0 Å². The van der Waals surface area contributed by atoms with Crippen molar-refractivity contribution in [1.82, 2.24) is 5.01 Å². The molecule has 0 aromatic heterocycles. The van der Waals surface area contributed by atoms with Crippen molar-refractivity contribution >= 4 is 0 Å². The number of ether oxygens (including phenoxy) is 1. The predicted octanol–water partition coefficient (Wildman–Crippen LogP) is -2.72. The Balaban J connectivity index is 2.88. The van der Waals surface area contributed by atoms with Crippen LogP contribution in [0.5, 0.6) is 0 Å². The second-order valence-electron chi connectivity index (χ2n) is 2.43. The van der Waals surface area contributed by atoms with Crippen molar-refractivity contribution in [2.24, 2.45) is 5.29 Å². The van der Waals surface area contributed by atoms with Gasteiger partial charge in [0.2, 0.25) is 0 Å². The molecular formula is C4H8N2O6. The molecule has 1 heterocycles. The Kier molecular flexibility index (Phi) is 2.02. The van der Waals surface area contributed by atoms with Gasteiger partial charge in [0.15, 0.2) is 0 Å². The zero-order valence-corrected chi connectivity index (χ0v) is 5.91. The highest BCUT2D eigenvalue weighted by Gasteiger charge is 2.51. The molecule has 0 spiro atoms. The number of aliphatic hydroxyl groups is 4. The molecule has 4 N–H and O–H groups in total. The maximum atomic E-state index is 9.97. The molecule has 1 saturated heterocycles. The molecule has 0 bridgehead atoms. The molecule has 1 fully saturated rings. The van der Waals surface area contributed by atoms with Crippen LogP contribution in [0.3, 0.4) is 0 Å². The summed E-state index contributed by atoms with van der Waals surface area (Å²) in [7, 11) is 0. The number of hydrogen-bond acceptors (Lipinski definition) is 7. The zero-order valence-electron chi connectivity index (χ0n) is 5.91. The highest BCUT2D eigenvalue weighted by Crippen LogP contribution is 2.24. The quantitative estimate of drug-likeness (QED) is 0.255. The minimum Gasteiger partial charge on any atom is -0.366 e. The lowest BCUT2D eigenvalue weighted by molar-refractivity contribution is -0.435. The van der Waals surface area contributed by atoms with E-state index < -0.39 is 25.0 Å². The molecular weight excluding hydrogens is 172 g/mol. The van der Waals surface area contributed by atoms with Crippen LogP contribution in [0.2, 0.25) is 0 Å². The van der Waals surface area contributed by atoms with Gasteiger partial charge >= 0.3 is 0 Å². The minimum absolute atomic E-state index is 0.191. The van der Waals surface area contributed by atoms with Crippen molar-refractivity contribution in [3.05, 3.63) is 4.91 Å². The van der Waals surface area contributed by atoms with Crippen LogP contribution in [0.25, 0.3) is 0 Å². The summed E-state index contributed by atoms with van der Waals surface area (Å²) in [5.74, 6) is -5.58. The Bertz CT molecular complexity index is 176. The van der Waals surface area contributed by atoms with Gasteiger partial charge in [-0.2, -0.15) is 0 Å². The average molecular weight is 180 g/mol. The Morgan fingerprint density at radius 1 is 1.17 bits per heavy atom. The van der Waals surface area contributed by atoms with Gasteiger partial charge in [0, 0.05) is 0 Å². The summed E-state index contributed by atoms with van der Waals surface area (Å²) in [4.78, 5) is 9.97. The maximum Gasteiger partial charge on any atom is 0.293 e. The van der Waals surface area contributed by atoms with Crippen molar-refractivity contribution < 1.29 is 25.2 Å². The Morgan fingerprint density at radius 2 is 1.58 bits per heavy atom. The largest absolute Gasteiger partial charge is 0.366 e. The Morgan fingerprint density at radius 3 is 1.83 bits per heavy atom. The lowest BCUT2D eigenvalue weighted by Gasteiger charge is -2.41. The molecule has 70 valence electrons. The molecule has 0 radical (unpaired) electrons. The molecule has 0 saturated carbocycles.